The summed E-state index contributed by atoms with van der Waals surface area (Å²) in [5, 5.41) is 25.3. The summed E-state index contributed by atoms with van der Waals surface area (Å²) in [6.07, 6.45) is -4.02. The first-order valence-electron chi connectivity index (χ1n) is 13.6. The van der Waals surface area contributed by atoms with Gasteiger partial charge in [0.05, 0.1) is 36.2 Å². The van der Waals surface area contributed by atoms with Crippen molar-refractivity contribution in [2.75, 3.05) is 33.1 Å². The molecule has 0 saturated carbocycles. The van der Waals surface area contributed by atoms with Crippen molar-refractivity contribution in [2.24, 2.45) is 11.8 Å². The van der Waals surface area contributed by atoms with Gasteiger partial charge in [-0.25, -0.2) is 13.2 Å². The van der Waals surface area contributed by atoms with Gasteiger partial charge in [0.25, 0.3) is 0 Å². The van der Waals surface area contributed by atoms with Crippen LogP contribution in [0.25, 0.3) is 0 Å². The van der Waals surface area contributed by atoms with Crippen molar-refractivity contribution in [3.8, 4) is 11.5 Å². The number of rotatable bonds is 11. The van der Waals surface area contributed by atoms with Gasteiger partial charge < -0.3 is 39.2 Å². The number of benzene rings is 2. The molecule has 0 bridgehead atoms. The molecule has 13 heteroatoms. The number of alkyl carbamates (subject to hydrolysis) is 1. The van der Waals surface area contributed by atoms with Crippen LogP contribution in [0.4, 0.5) is 4.79 Å². The van der Waals surface area contributed by atoms with Crippen LogP contribution in [-0.4, -0.2) is 86.7 Å². The number of aliphatic hydroxyl groups is 2. The number of nitrogens with one attached hydrogen (secondary N) is 1. The van der Waals surface area contributed by atoms with Crippen LogP contribution < -0.4 is 14.8 Å². The molecule has 2 aromatic rings. The summed E-state index contributed by atoms with van der Waals surface area (Å²) < 4.78 is 55.9. The largest absolute Gasteiger partial charge is 0.454 e. The highest BCUT2D eigenvalue weighted by molar-refractivity contribution is 7.89. The fourth-order valence-electron chi connectivity index (χ4n) is 5.28. The molecule has 12 nitrogen and oxygen atoms in total. The predicted octanol–water partition coefficient (Wildman–Crippen LogP) is 2.01. The molecule has 3 aliphatic heterocycles. The van der Waals surface area contributed by atoms with E-state index in [-0.39, 0.29) is 36.7 Å². The normalized spacial score (nSPS) is 23.8. The van der Waals surface area contributed by atoms with Gasteiger partial charge in [-0.3, -0.25) is 0 Å². The zero-order chi connectivity index (χ0) is 29.1. The third kappa shape index (κ3) is 6.60. The first kappa shape index (κ1) is 29.5. The molecular weight excluding hydrogens is 556 g/mol. The molecular formula is C28H36N2O10S. The van der Waals surface area contributed by atoms with Crippen LogP contribution in [0.3, 0.4) is 0 Å². The highest BCUT2D eigenvalue weighted by Crippen LogP contribution is 2.35. The van der Waals surface area contributed by atoms with E-state index >= 15 is 0 Å². The molecule has 3 heterocycles. The molecule has 3 aliphatic rings. The van der Waals surface area contributed by atoms with Crippen molar-refractivity contribution in [2.45, 2.75) is 55.8 Å². The van der Waals surface area contributed by atoms with Crippen molar-refractivity contribution >= 4 is 16.1 Å². The quantitative estimate of drug-likeness (QED) is 0.353. The minimum absolute atomic E-state index is 0.00447. The Morgan fingerprint density at radius 3 is 2.59 bits per heavy atom. The van der Waals surface area contributed by atoms with Crippen molar-refractivity contribution in [1.29, 1.82) is 0 Å². The zero-order valence-electron chi connectivity index (χ0n) is 22.9. The number of hydrogen-bond donors (Lipinski definition) is 3. The number of nitrogens with zero attached hydrogens (tertiary/aromatic N) is 1. The molecule has 41 heavy (non-hydrogen) atoms. The zero-order valence-corrected chi connectivity index (χ0v) is 23.7. The lowest BCUT2D eigenvalue weighted by atomic mass is 9.97. The molecule has 2 fully saturated rings. The van der Waals surface area contributed by atoms with Gasteiger partial charge in [0.15, 0.2) is 17.8 Å². The monoisotopic (exact) mass is 592 g/mol. The van der Waals surface area contributed by atoms with Gasteiger partial charge in [-0.15, -0.1) is 0 Å². The summed E-state index contributed by atoms with van der Waals surface area (Å²) in [6, 6.07) is 11.5. The van der Waals surface area contributed by atoms with Gasteiger partial charge >= 0.3 is 6.09 Å². The second kappa shape index (κ2) is 12.5. The summed E-state index contributed by atoms with van der Waals surface area (Å²) >= 11 is 0. The highest BCUT2D eigenvalue weighted by atomic mass is 32.2. The third-order valence-corrected chi connectivity index (χ3v) is 9.19. The van der Waals surface area contributed by atoms with Gasteiger partial charge in [0, 0.05) is 19.2 Å². The Hall–Kier alpha value is -2.94. The smallest absolute Gasteiger partial charge is 0.407 e. The van der Waals surface area contributed by atoms with Crippen LogP contribution in [0.1, 0.15) is 31.9 Å². The molecule has 2 aromatic carbocycles. The molecule has 2 saturated heterocycles. The Bertz CT molecular complexity index is 1310. The molecule has 0 radical (unpaired) electrons. The lowest BCUT2D eigenvalue weighted by molar-refractivity contribution is -0.0907. The van der Waals surface area contributed by atoms with Crippen LogP contribution in [0.2, 0.25) is 0 Å². The van der Waals surface area contributed by atoms with Crippen molar-refractivity contribution in [3.05, 3.63) is 54.1 Å². The van der Waals surface area contributed by atoms with E-state index < -0.39 is 53.3 Å². The summed E-state index contributed by atoms with van der Waals surface area (Å²) in [4.78, 5) is 13.0. The fourth-order valence-corrected chi connectivity index (χ4v) is 6.92. The second-order valence-electron chi connectivity index (χ2n) is 10.8. The Morgan fingerprint density at radius 1 is 1.07 bits per heavy atom. The van der Waals surface area contributed by atoms with Gasteiger partial charge in [-0.1, -0.05) is 44.2 Å². The average Bonchev–Trinajstić information content (AvgIpc) is 3.69. The van der Waals surface area contributed by atoms with Gasteiger partial charge in [-0.05, 0) is 30.0 Å². The second-order valence-corrected chi connectivity index (χ2v) is 12.7. The molecule has 0 spiro atoms. The molecule has 6 atom stereocenters. The van der Waals surface area contributed by atoms with Gasteiger partial charge in [0.1, 0.15) is 12.2 Å². The molecule has 1 amide bonds. The standard InChI is InChI=1S/C28H36N2O10S/c1-17(2)13-30(41(34,35)19-8-9-22-23(12-19)39-16-38-22)14-21(31)25(26(32)18-6-4-3-5-7-18)29-28(33)40-24-15-37-27-20(24)10-11-36-27/h3-9,12,17,20-21,24-27,31-32H,10-11,13-16H2,1-2H3,(H,29,33)/t20?,21-,24?,25-,26?,27?/m1/s1. The van der Waals surface area contributed by atoms with Crippen LogP contribution in [0.15, 0.2) is 53.4 Å². The molecule has 0 aliphatic carbocycles. The maximum atomic E-state index is 13.7. The van der Waals surface area contributed by atoms with Gasteiger partial charge in [0.2, 0.25) is 16.8 Å². The topological polar surface area (TPSA) is 153 Å². The molecule has 0 aromatic heterocycles. The third-order valence-electron chi connectivity index (χ3n) is 7.37. The van der Waals surface area contributed by atoms with E-state index in [0.717, 1.165) is 4.31 Å². The molecule has 4 unspecified atom stereocenters. The number of aliphatic hydroxyl groups excluding tert-OH is 2. The Morgan fingerprint density at radius 2 is 1.83 bits per heavy atom. The Balaban J connectivity index is 1.36. The summed E-state index contributed by atoms with van der Waals surface area (Å²) in [5.41, 5.74) is 0.430. The Labute approximate surface area is 239 Å². The van der Waals surface area contributed by atoms with E-state index in [1.165, 1.54) is 18.2 Å². The van der Waals surface area contributed by atoms with Crippen molar-refractivity contribution in [3.63, 3.8) is 0 Å². The number of amides is 1. The first-order valence-corrected chi connectivity index (χ1v) is 15.1. The number of ether oxygens (including phenoxy) is 5. The lowest BCUT2D eigenvalue weighted by Gasteiger charge is -2.33. The average molecular weight is 593 g/mol. The maximum Gasteiger partial charge on any atom is 0.407 e. The SMILES string of the molecule is CC(C)CN(C[C@@H](O)[C@@H](NC(=O)OC1COC2OCCC12)C(O)c1ccccc1)S(=O)(=O)c1ccc2c(c1)OCO2. The fraction of sp³-hybridized carbons (Fsp3) is 0.536. The van der Waals surface area contributed by atoms with E-state index in [2.05, 4.69) is 5.32 Å². The van der Waals surface area contributed by atoms with E-state index in [1.807, 2.05) is 13.8 Å². The minimum atomic E-state index is -4.11. The summed E-state index contributed by atoms with van der Waals surface area (Å²) in [7, 11) is -4.11. The number of carbonyl (C=O) groups is 1. The van der Waals surface area contributed by atoms with Crippen molar-refractivity contribution < 1.29 is 47.1 Å². The van der Waals surface area contributed by atoms with E-state index in [4.69, 9.17) is 23.7 Å². The van der Waals surface area contributed by atoms with E-state index in [0.29, 0.717) is 30.1 Å². The summed E-state index contributed by atoms with van der Waals surface area (Å²) in [6.45, 7) is 4.05. The minimum Gasteiger partial charge on any atom is -0.454 e. The predicted molar refractivity (Wildman–Crippen MR) is 145 cm³/mol. The molecule has 5 rings (SSSR count). The van der Waals surface area contributed by atoms with Gasteiger partial charge in [-0.2, -0.15) is 4.31 Å². The van der Waals surface area contributed by atoms with E-state index in [9.17, 15) is 23.4 Å². The van der Waals surface area contributed by atoms with Crippen molar-refractivity contribution in [1.82, 2.24) is 9.62 Å². The van der Waals surface area contributed by atoms with Crippen LogP contribution in [0, 0.1) is 11.8 Å². The summed E-state index contributed by atoms with van der Waals surface area (Å²) in [5.74, 6) is 0.557. The number of sulfonamides is 1. The van der Waals surface area contributed by atoms with Crippen LogP contribution in [-0.2, 0) is 24.2 Å². The lowest BCUT2D eigenvalue weighted by Crippen LogP contribution is -2.53. The molecule has 224 valence electrons. The Kier molecular flexibility index (Phi) is 9.02. The van der Waals surface area contributed by atoms with Crippen LogP contribution >= 0.6 is 0 Å². The number of carbonyl (C=O) groups excluding carboxylic acids is 1. The van der Waals surface area contributed by atoms with Crippen LogP contribution in [0.5, 0.6) is 11.5 Å². The maximum absolute atomic E-state index is 13.7. The number of hydrogen-bond acceptors (Lipinski definition) is 10. The first-order chi connectivity index (χ1) is 19.6. The molecule has 3 N–H and O–H groups in total. The number of fused-ring (bicyclic) bond motifs is 2. The van der Waals surface area contributed by atoms with E-state index in [1.54, 1.807) is 30.3 Å². The highest BCUT2D eigenvalue weighted by Gasteiger charge is 2.44.